The molecule has 3 N–H and O–H groups in total. The van der Waals surface area contributed by atoms with E-state index in [4.69, 9.17) is 0 Å². The van der Waals surface area contributed by atoms with Crippen molar-refractivity contribution in [2.24, 2.45) is 0 Å². The van der Waals surface area contributed by atoms with Gasteiger partial charge in [-0.3, -0.25) is 4.79 Å². The largest absolute Gasteiger partial charge is 0.387 e. The molecule has 1 aromatic heterocycles. The van der Waals surface area contributed by atoms with Crippen molar-refractivity contribution in [1.29, 1.82) is 0 Å². The third-order valence-corrected chi connectivity index (χ3v) is 8.99. The zero-order chi connectivity index (χ0) is 24.4. The topological polar surface area (TPSA) is 68.4 Å². The summed E-state index contributed by atoms with van der Waals surface area (Å²) in [6.07, 6.45) is 3.05. The minimum atomic E-state index is -0.859. The summed E-state index contributed by atoms with van der Waals surface area (Å²) >= 11 is 0. The maximum Gasteiger partial charge on any atom is 0.271 e. The van der Waals surface area contributed by atoms with Crippen LogP contribution in [0.4, 0.5) is 0 Å². The number of benzene rings is 2. The number of amides is 1. The second kappa shape index (κ2) is 8.07. The third-order valence-electron chi connectivity index (χ3n) is 8.99. The van der Waals surface area contributed by atoms with E-state index < -0.39 is 5.60 Å². The first-order valence-corrected chi connectivity index (χ1v) is 12.9. The first-order chi connectivity index (χ1) is 16.8. The van der Waals surface area contributed by atoms with Crippen molar-refractivity contribution in [2.45, 2.75) is 76.1 Å². The van der Waals surface area contributed by atoms with Gasteiger partial charge in [0.05, 0.1) is 5.60 Å². The molecule has 0 spiro atoms. The average Bonchev–Trinajstić information content (AvgIpc) is 3.15. The number of rotatable bonds is 4. The summed E-state index contributed by atoms with van der Waals surface area (Å²) < 4.78 is 0. The SMILES string of the molecule is Cc1c(C(=O)N(Cc2ccccc2)C(C)C)[nH]c2c1C[C@@]1(O)[C@@H]3Cc4ccccc4[C@]1(CCN3)C2. The molecule has 0 saturated carbocycles. The molecule has 2 bridgehead atoms. The monoisotopic (exact) mass is 469 g/mol. The van der Waals surface area contributed by atoms with Gasteiger partial charge in [0.15, 0.2) is 0 Å². The maximum absolute atomic E-state index is 13.9. The van der Waals surface area contributed by atoms with Crippen molar-refractivity contribution in [2.75, 3.05) is 6.54 Å². The van der Waals surface area contributed by atoms with Gasteiger partial charge in [0.1, 0.15) is 5.69 Å². The van der Waals surface area contributed by atoms with E-state index >= 15 is 0 Å². The highest BCUT2D eigenvalue weighted by Crippen LogP contribution is 2.55. The van der Waals surface area contributed by atoms with E-state index in [-0.39, 0.29) is 23.4 Å². The Morgan fingerprint density at radius 3 is 2.63 bits per heavy atom. The molecule has 1 amide bonds. The number of H-pyrrole nitrogens is 1. The molecule has 2 aliphatic carbocycles. The van der Waals surface area contributed by atoms with Crippen LogP contribution >= 0.6 is 0 Å². The summed E-state index contributed by atoms with van der Waals surface area (Å²) in [5.41, 5.74) is 6.48. The molecule has 0 unspecified atom stereocenters. The fraction of sp³-hybridized carbons (Fsp3) is 0.433. The summed E-state index contributed by atoms with van der Waals surface area (Å²) in [5.74, 6) is 0.0321. The molecule has 2 aromatic carbocycles. The Morgan fingerprint density at radius 2 is 1.86 bits per heavy atom. The van der Waals surface area contributed by atoms with Gasteiger partial charge in [-0.25, -0.2) is 0 Å². The number of carbonyl (C=O) groups excluding carboxylic acids is 1. The minimum Gasteiger partial charge on any atom is -0.387 e. The quantitative estimate of drug-likeness (QED) is 0.540. The predicted molar refractivity (Wildman–Crippen MR) is 138 cm³/mol. The molecule has 35 heavy (non-hydrogen) atoms. The van der Waals surface area contributed by atoms with E-state index in [9.17, 15) is 9.90 Å². The number of nitrogens with zero attached hydrogens (tertiary/aromatic N) is 1. The number of fused-ring (bicyclic) bond motifs is 2. The molecular formula is C30H35N3O2. The lowest BCUT2D eigenvalue weighted by molar-refractivity contribution is -0.106. The number of carbonyl (C=O) groups is 1. The molecule has 0 radical (unpaired) electrons. The lowest BCUT2D eigenvalue weighted by atomic mass is 9.50. The van der Waals surface area contributed by atoms with Crippen molar-refractivity contribution in [3.63, 3.8) is 0 Å². The van der Waals surface area contributed by atoms with Crippen LogP contribution in [-0.2, 0) is 31.2 Å². The van der Waals surface area contributed by atoms with Crippen LogP contribution in [0.15, 0.2) is 54.6 Å². The van der Waals surface area contributed by atoms with Crippen LogP contribution in [0, 0.1) is 6.92 Å². The smallest absolute Gasteiger partial charge is 0.271 e. The third kappa shape index (κ3) is 3.25. The Kier molecular flexibility index (Phi) is 5.20. The van der Waals surface area contributed by atoms with Crippen LogP contribution in [0.5, 0.6) is 0 Å². The van der Waals surface area contributed by atoms with Gasteiger partial charge < -0.3 is 20.3 Å². The first kappa shape index (κ1) is 22.6. The number of hydrogen-bond donors (Lipinski definition) is 3. The Labute approximate surface area is 207 Å². The molecule has 3 atom stereocenters. The summed E-state index contributed by atoms with van der Waals surface area (Å²) in [5, 5.41) is 16.0. The second-order valence-electron chi connectivity index (χ2n) is 11.1. The Bertz CT molecular complexity index is 1280. The molecule has 5 nitrogen and oxygen atoms in total. The lowest BCUT2D eigenvalue weighted by Gasteiger charge is -2.60. The zero-order valence-electron chi connectivity index (χ0n) is 20.9. The number of aromatic amines is 1. The van der Waals surface area contributed by atoms with E-state index in [0.29, 0.717) is 18.7 Å². The fourth-order valence-corrected chi connectivity index (χ4v) is 7.09. The number of piperidine rings is 1. The average molecular weight is 470 g/mol. The lowest BCUT2D eigenvalue weighted by Crippen LogP contribution is -2.73. The van der Waals surface area contributed by atoms with Crippen LogP contribution < -0.4 is 5.32 Å². The molecule has 1 fully saturated rings. The maximum atomic E-state index is 13.9. The summed E-state index contributed by atoms with van der Waals surface area (Å²) in [6, 6.07) is 18.9. The van der Waals surface area contributed by atoms with Gasteiger partial charge in [-0.15, -0.1) is 0 Å². The molecule has 3 aromatic rings. The zero-order valence-corrected chi connectivity index (χ0v) is 20.9. The second-order valence-corrected chi connectivity index (χ2v) is 11.1. The van der Waals surface area contributed by atoms with E-state index in [0.717, 1.165) is 48.2 Å². The summed E-state index contributed by atoms with van der Waals surface area (Å²) in [4.78, 5) is 19.4. The molecule has 6 rings (SSSR count). The van der Waals surface area contributed by atoms with Gasteiger partial charge in [-0.05, 0) is 68.0 Å². The van der Waals surface area contributed by atoms with Crippen molar-refractivity contribution >= 4 is 5.91 Å². The number of hydrogen-bond acceptors (Lipinski definition) is 3. The van der Waals surface area contributed by atoms with Gasteiger partial charge in [-0.1, -0.05) is 54.6 Å². The molecule has 5 heteroatoms. The van der Waals surface area contributed by atoms with Gasteiger partial charge in [0.25, 0.3) is 5.91 Å². The summed E-state index contributed by atoms with van der Waals surface area (Å²) in [7, 11) is 0. The van der Waals surface area contributed by atoms with Gasteiger partial charge >= 0.3 is 0 Å². The molecule has 3 aliphatic rings. The Hall–Kier alpha value is -2.89. The molecule has 1 aliphatic heterocycles. The standard InChI is InChI=1S/C30H35N3O2/c1-19(2)33(18-21-9-5-4-6-10-21)28(34)27-20(3)23-16-30(35)26-15-22-11-7-8-12-24(22)29(30,13-14-31-26)17-25(23)32-27/h4-12,19,26,31-32,35H,13-18H2,1-3H3/t26-,29-,30+/m0/s1. The highest BCUT2D eigenvalue weighted by molar-refractivity contribution is 5.95. The van der Waals surface area contributed by atoms with E-state index in [1.165, 1.54) is 11.1 Å². The van der Waals surface area contributed by atoms with Crippen LogP contribution in [0.2, 0.25) is 0 Å². The van der Waals surface area contributed by atoms with Crippen LogP contribution in [-0.4, -0.2) is 45.1 Å². The first-order valence-electron chi connectivity index (χ1n) is 12.9. The number of aliphatic hydroxyl groups is 1. The normalized spacial score (nSPS) is 26.6. The minimum absolute atomic E-state index is 0.0259. The number of nitrogens with one attached hydrogen (secondary N) is 2. The Balaban J connectivity index is 1.41. The van der Waals surface area contributed by atoms with E-state index in [1.807, 2.05) is 30.0 Å². The van der Waals surface area contributed by atoms with Crippen LogP contribution in [0.1, 0.15) is 64.3 Å². The van der Waals surface area contributed by atoms with Crippen LogP contribution in [0.3, 0.4) is 0 Å². The number of aromatic nitrogens is 1. The molecule has 182 valence electrons. The van der Waals surface area contributed by atoms with Crippen molar-refractivity contribution in [1.82, 2.24) is 15.2 Å². The Morgan fingerprint density at radius 1 is 1.11 bits per heavy atom. The molecular weight excluding hydrogens is 434 g/mol. The van der Waals surface area contributed by atoms with Gasteiger partial charge in [0, 0.05) is 42.6 Å². The van der Waals surface area contributed by atoms with E-state index in [1.54, 1.807) is 0 Å². The predicted octanol–water partition coefficient (Wildman–Crippen LogP) is 4.06. The van der Waals surface area contributed by atoms with Crippen LogP contribution in [0.25, 0.3) is 0 Å². The van der Waals surface area contributed by atoms with Gasteiger partial charge in [0.2, 0.25) is 0 Å². The molecule has 2 heterocycles. The molecule has 1 saturated heterocycles. The summed E-state index contributed by atoms with van der Waals surface area (Å²) in [6.45, 7) is 7.67. The van der Waals surface area contributed by atoms with Crippen molar-refractivity contribution < 1.29 is 9.90 Å². The fourth-order valence-electron chi connectivity index (χ4n) is 7.09. The highest BCUT2D eigenvalue weighted by atomic mass is 16.3. The van der Waals surface area contributed by atoms with Gasteiger partial charge in [-0.2, -0.15) is 0 Å². The van der Waals surface area contributed by atoms with E-state index in [2.05, 4.69) is 60.5 Å². The van der Waals surface area contributed by atoms with Crippen molar-refractivity contribution in [3.05, 3.63) is 93.8 Å². The van der Waals surface area contributed by atoms with Crippen molar-refractivity contribution in [3.8, 4) is 0 Å². The highest BCUT2D eigenvalue weighted by Gasteiger charge is 2.63.